The summed E-state index contributed by atoms with van der Waals surface area (Å²) in [6, 6.07) is 9.86. The predicted molar refractivity (Wildman–Crippen MR) is 113 cm³/mol. The van der Waals surface area contributed by atoms with E-state index >= 15 is 0 Å². The average Bonchev–Trinajstić information content (AvgIpc) is 3.03. The van der Waals surface area contributed by atoms with Crippen LogP contribution in [0.5, 0.6) is 11.6 Å². The number of guanidine groups is 1. The quantitative estimate of drug-likeness (QED) is 0.487. The number of rotatable bonds is 6. The lowest BCUT2D eigenvalue weighted by Crippen LogP contribution is -2.36. The van der Waals surface area contributed by atoms with Gasteiger partial charge in [0.1, 0.15) is 11.5 Å². The third-order valence-corrected chi connectivity index (χ3v) is 4.66. The molecule has 0 saturated carbocycles. The first-order chi connectivity index (χ1) is 13.9. The van der Waals surface area contributed by atoms with Gasteiger partial charge < -0.3 is 19.8 Å². The van der Waals surface area contributed by atoms with Gasteiger partial charge in [-0.3, -0.25) is 4.99 Å². The highest BCUT2D eigenvalue weighted by atomic mass is 16.5. The van der Waals surface area contributed by atoms with Crippen LogP contribution in [0.25, 0.3) is 0 Å². The molecule has 3 aromatic rings. The maximum Gasteiger partial charge on any atom is 0.219 e. The fourth-order valence-electron chi connectivity index (χ4n) is 2.69. The van der Waals surface area contributed by atoms with E-state index in [2.05, 4.69) is 39.4 Å². The number of nitrogens with zero attached hydrogens (tertiary/aromatic N) is 3. The van der Waals surface area contributed by atoms with E-state index in [1.807, 2.05) is 44.2 Å². The minimum absolute atomic E-state index is 0.464. The summed E-state index contributed by atoms with van der Waals surface area (Å²) >= 11 is 0. The van der Waals surface area contributed by atoms with Crippen LogP contribution in [0.4, 0.5) is 0 Å². The van der Waals surface area contributed by atoms with Crippen LogP contribution in [-0.4, -0.2) is 23.0 Å². The molecule has 7 heteroatoms. The highest BCUT2D eigenvalue weighted by Gasteiger charge is 2.07. The topological polar surface area (TPSA) is 84.6 Å². The molecule has 1 aromatic carbocycles. The van der Waals surface area contributed by atoms with Crippen LogP contribution in [0.15, 0.2) is 45.9 Å². The first-order valence-electron chi connectivity index (χ1n) is 9.52. The Balaban J connectivity index is 1.56. The highest BCUT2D eigenvalue weighted by Crippen LogP contribution is 2.22. The second-order valence-corrected chi connectivity index (χ2v) is 6.88. The van der Waals surface area contributed by atoms with Crippen molar-refractivity contribution in [3.8, 4) is 11.6 Å². The summed E-state index contributed by atoms with van der Waals surface area (Å²) in [5.41, 5.74) is 4.35. The van der Waals surface area contributed by atoms with Gasteiger partial charge in [0.15, 0.2) is 5.96 Å². The lowest BCUT2D eigenvalue weighted by molar-refractivity contribution is 0.461. The normalized spacial score (nSPS) is 11.4. The number of hydrogen-bond acceptors (Lipinski definition) is 5. The Hall–Kier alpha value is -3.35. The van der Waals surface area contributed by atoms with Gasteiger partial charge in [-0.25, -0.2) is 9.97 Å². The van der Waals surface area contributed by atoms with Gasteiger partial charge in [0.2, 0.25) is 11.8 Å². The molecule has 0 aliphatic heterocycles. The minimum Gasteiger partial charge on any atom is -0.444 e. The molecule has 29 heavy (non-hydrogen) atoms. The van der Waals surface area contributed by atoms with Crippen molar-refractivity contribution in [2.75, 3.05) is 7.05 Å². The maximum atomic E-state index is 5.90. The molecule has 0 unspecified atom stereocenters. The number of oxazole rings is 1. The molecule has 0 fully saturated rings. The van der Waals surface area contributed by atoms with Gasteiger partial charge in [0.05, 0.1) is 12.2 Å². The third-order valence-electron chi connectivity index (χ3n) is 4.66. The molecule has 0 radical (unpaired) electrons. The van der Waals surface area contributed by atoms with Crippen molar-refractivity contribution in [2.24, 2.45) is 4.99 Å². The standard InChI is InChI=1S/C22H27N5O2/c1-14-6-7-19(10-15(14)2)29-20-11-18(8-9-24-20)12-25-22(23-5)26-13-21-27-16(3)17(4)28-21/h6-11H,12-13H2,1-5H3,(H2,23,25,26). The number of pyridine rings is 1. The van der Waals surface area contributed by atoms with Crippen LogP contribution < -0.4 is 15.4 Å². The van der Waals surface area contributed by atoms with Crippen LogP contribution in [0.1, 0.15) is 34.0 Å². The van der Waals surface area contributed by atoms with Gasteiger partial charge >= 0.3 is 0 Å². The van der Waals surface area contributed by atoms with Crippen molar-refractivity contribution < 1.29 is 9.15 Å². The monoisotopic (exact) mass is 393 g/mol. The Morgan fingerprint density at radius 1 is 1.03 bits per heavy atom. The summed E-state index contributed by atoms with van der Waals surface area (Å²) in [6.45, 7) is 9.02. The number of aromatic nitrogens is 2. The fourth-order valence-corrected chi connectivity index (χ4v) is 2.69. The molecule has 3 rings (SSSR count). The first kappa shape index (κ1) is 20.4. The van der Waals surface area contributed by atoms with Crippen LogP contribution in [-0.2, 0) is 13.1 Å². The summed E-state index contributed by atoms with van der Waals surface area (Å²) in [4.78, 5) is 12.9. The molecular formula is C22H27N5O2. The van der Waals surface area contributed by atoms with Crippen molar-refractivity contribution in [1.82, 2.24) is 20.6 Å². The minimum atomic E-state index is 0.464. The van der Waals surface area contributed by atoms with E-state index in [4.69, 9.17) is 9.15 Å². The van der Waals surface area contributed by atoms with Gasteiger partial charge in [0, 0.05) is 25.9 Å². The van der Waals surface area contributed by atoms with E-state index in [-0.39, 0.29) is 0 Å². The second kappa shape index (κ2) is 9.23. The van der Waals surface area contributed by atoms with Crippen LogP contribution in [0, 0.1) is 27.7 Å². The Morgan fingerprint density at radius 2 is 1.83 bits per heavy atom. The molecule has 7 nitrogen and oxygen atoms in total. The van der Waals surface area contributed by atoms with Crippen molar-refractivity contribution in [2.45, 2.75) is 40.8 Å². The Morgan fingerprint density at radius 3 is 2.52 bits per heavy atom. The summed E-state index contributed by atoms with van der Waals surface area (Å²) in [7, 11) is 1.72. The van der Waals surface area contributed by atoms with E-state index in [0.717, 1.165) is 22.8 Å². The van der Waals surface area contributed by atoms with Gasteiger partial charge in [-0.1, -0.05) is 6.07 Å². The molecule has 0 bridgehead atoms. The molecule has 0 aliphatic carbocycles. The van der Waals surface area contributed by atoms with Crippen molar-refractivity contribution in [3.05, 3.63) is 70.6 Å². The molecule has 0 aliphatic rings. The molecule has 2 aromatic heterocycles. The Kier molecular flexibility index (Phi) is 6.49. The summed E-state index contributed by atoms with van der Waals surface area (Å²) in [6.07, 6.45) is 1.74. The fraction of sp³-hybridized carbons (Fsp3) is 0.318. The van der Waals surface area contributed by atoms with Gasteiger partial charge in [-0.2, -0.15) is 0 Å². The maximum absolute atomic E-state index is 5.90. The molecule has 0 spiro atoms. The average molecular weight is 393 g/mol. The van der Waals surface area contributed by atoms with Crippen molar-refractivity contribution in [1.29, 1.82) is 0 Å². The Bertz CT molecular complexity index is 991. The molecular weight excluding hydrogens is 366 g/mol. The molecule has 0 saturated heterocycles. The van der Waals surface area contributed by atoms with E-state index in [0.29, 0.717) is 30.8 Å². The van der Waals surface area contributed by atoms with Gasteiger partial charge in [-0.05, 0) is 62.6 Å². The zero-order valence-corrected chi connectivity index (χ0v) is 17.5. The van der Waals surface area contributed by atoms with Gasteiger partial charge in [-0.15, -0.1) is 0 Å². The van der Waals surface area contributed by atoms with E-state index in [1.54, 1.807) is 13.2 Å². The number of benzene rings is 1. The summed E-state index contributed by atoms with van der Waals surface area (Å²) in [5, 5.41) is 6.47. The third kappa shape index (κ3) is 5.57. The largest absolute Gasteiger partial charge is 0.444 e. The zero-order valence-electron chi connectivity index (χ0n) is 17.5. The van der Waals surface area contributed by atoms with Crippen LogP contribution in [0.3, 0.4) is 0 Å². The van der Waals surface area contributed by atoms with E-state index < -0.39 is 0 Å². The Labute approximate surface area is 171 Å². The predicted octanol–water partition coefficient (Wildman–Crippen LogP) is 3.96. The SMILES string of the molecule is CN=C(NCc1ccnc(Oc2ccc(C)c(C)c2)c1)NCc1nc(C)c(C)o1. The summed E-state index contributed by atoms with van der Waals surface area (Å²) in [5.74, 6) is 3.46. The molecule has 2 heterocycles. The van der Waals surface area contributed by atoms with E-state index in [1.165, 1.54) is 11.1 Å². The molecule has 2 N–H and O–H groups in total. The van der Waals surface area contributed by atoms with Crippen molar-refractivity contribution in [3.63, 3.8) is 0 Å². The smallest absolute Gasteiger partial charge is 0.219 e. The number of hydrogen-bond donors (Lipinski definition) is 2. The zero-order chi connectivity index (χ0) is 20.8. The van der Waals surface area contributed by atoms with Crippen molar-refractivity contribution >= 4 is 5.96 Å². The van der Waals surface area contributed by atoms with E-state index in [9.17, 15) is 0 Å². The summed E-state index contributed by atoms with van der Waals surface area (Å²) < 4.78 is 11.5. The lowest BCUT2D eigenvalue weighted by Gasteiger charge is -2.12. The number of nitrogens with one attached hydrogen (secondary N) is 2. The lowest BCUT2D eigenvalue weighted by atomic mass is 10.1. The highest BCUT2D eigenvalue weighted by molar-refractivity contribution is 5.79. The second-order valence-electron chi connectivity index (χ2n) is 6.88. The molecule has 152 valence electrons. The number of aliphatic imine (C=N–C) groups is 1. The number of ether oxygens (including phenoxy) is 1. The number of aryl methyl sites for hydroxylation is 4. The van der Waals surface area contributed by atoms with Crippen LogP contribution >= 0.6 is 0 Å². The van der Waals surface area contributed by atoms with Gasteiger partial charge in [0.25, 0.3) is 0 Å². The molecule has 0 amide bonds. The van der Waals surface area contributed by atoms with Crippen LogP contribution in [0.2, 0.25) is 0 Å². The first-order valence-corrected chi connectivity index (χ1v) is 9.52. The molecule has 0 atom stereocenters.